The van der Waals surface area contributed by atoms with Crippen LogP contribution in [0.25, 0.3) is 0 Å². The summed E-state index contributed by atoms with van der Waals surface area (Å²) in [6, 6.07) is 17.9. The van der Waals surface area contributed by atoms with Crippen molar-refractivity contribution in [3.05, 3.63) is 78.0 Å². The smallest absolute Gasteiger partial charge is 0.248 e. The zero-order valence-corrected chi connectivity index (χ0v) is 14.0. The van der Waals surface area contributed by atoms with Gasteiger partial charge in [0.05, 0.1) is 6.10 Å². The molecule has 132 valence electrons. The highest BCUT2D eigenvalue weighted by atomic mass is 16.3. The van der Waals surface area contributed by atoms with Gasteiger partial charge in [0.1, 0.15) is 5.82 Å². The molecule has 0 bridgehead atoms. The molecule has 1 heterocycles. The Hall–Kier alpha value is -3.45. The van der Waals surface area contributed by atoms with Gasteiger partial charge in [0, 0.05) is 24.0 Å². The Balaban J connectivity index is 1.65. The molecule has 5 N–H and O–H groups in total. The number of amides is 1. The molecule has 0 aliphatic carbocycles. The first-order valence-electron chi connectivity index (χ1n) is 8.08. The highest BCUT2D eigenvalue weighted by molar-refractivity contribution is 5.93. The van der Waals surface area contributed by atoms with Gasteiger partial charge in [-0.05, 0) is 29.8 Å². The summed E-state index contributed by atoms with van der Waals surface area (Å²) in [6.45, 7) is 0.317. The van der Waals surface area contributed by atoms with Crippen LogP contribution in [0.2, 0.25) is 0 Å². The molecule has 0 saturated heterocycles. The average molecular weight is 349 g/mol. The van der Waals surface area contributed by atoms with Crippen molar-refractivity contribution in [2.75, 3.05) is 17.2 Å². The van der Waals surface area contributed by atoms with E-state index in [1.54, 1.807) is 36.5 Å². The molecule has 0 aliphatic heterocycles. The van der Waals surface area contributed by atoms with Crippen LogP contribution in [-0.4, -0.2) is 27.5 Å². The third-order valence-electron chi connectivity index (χ3n) is 3.72. The number of hydrogen-bond acceptors (Lipinski definition) is 6. The second-order valence-corrected chi connectivity index (χ2v) is 5.64. The maximum Gasteiger partial charge on any atom is 0.248 e. The molecule has 0 unspecified atom stereocenters. The quantitative estimate of drug-likeness (QED) is 0.521. The van der Waals surface area contributed by atoms with Gasteiger partial charge in [-0.3, -0.25) is 4.79 Å². The summed E-state index contributed by atoms with van der Waals surface area (Å²) in [5.41, 5.74) is 7.17. The Bertz CT molecular complexity index is 886. The molecule has 0 fully saturated rings. The van der Waals surface area contributed by atoms with E-state index in [2.05, 4.69) is 20.6 Å². The Morgan fingerprint density at radius 3 is 2.69 bits per heavy atom. The highest BCUT2D eigenvalue weighted by Crippen LogP contribution is 2.17. The van der Waals surface area contributed by atoms with Crippen LogP contribution >= 0.6 is 0 Å². The lowest BCUT2D eigenvalue weighted by Gasteiger charge is -2.13. The lowest BCUT2D eigenvalue weighted by Crippen LogP contribution is -2.13. The minimum absolute atomic E-state index is 0.317. The molecule has 0 saturated carbocycles. The molecule has 7 heteroatoms. The maximum absolute atomic E-state index is 11.3. The second-order valence-electron chi connectivity index (χ2n) is 5.64. The number of anilines is 3. The summed E-state index contributed by atoms with van der Waals surface area (Å²) in [7, 11) is 0. The van der Waals surface area contributed by atoms with E-state index >= 15 is 0 Å². The Morgan fingerprint density at radius 2 is 1.92 bits per heavy atom. The Kier molecular flexibility index (Phi) is 5.40. The van der Waals surface area contributed by atoms with Crippen molar-refractivity contribution in [2.45, 2.75) is 6.10 Å². The van der Waals surface area contributed by atoms with Crippen LogP contribution in [-0.2, 0) is 0 Å². The lowest BCUT2D eigenvalue weighted by atomic mass is 10.1. The van der Waals surface area contributed by atoms with Gasteiger partial charge in [-0.2, -0.15) is 4.98 Å². The van der Waals surface area contributed by atoms with Crippen molar-refractivity contribution in [1.29, 1.82) is 0 Å². The summed E-state index contributed by atoms with van der Waals surface area (Å²) in [5, 5.41) is 16.3. The van der Waals surface area contributed by atoms with E-state index in [0.717, 1.165) is 5.56 Å². The van der Waals surface area contributed by atoms with Crippen molar-refractivity contribution >= 4 is 23.4 Å². The minimum atomic E-state index is -0.644. The number of carbonyl (C=O) groups excluding carboxylic acids is 1. The molecule has 1 amide bonds. The third kappa shape index (κ3) is 4.55. The zero-order chi connectivity index (χ0) is 18.4. The third-order valence-corrected chi connectivity index (χ3v) is 3.72. The van der Waals surface area contributed by atoms with Crippen LogP contribution in [0.15, 0.2) is 66.9 Å². The number of nitrogens with two attached hydrogens (primary N) is 1. The summed E-state index contributed by atoms with van der Waals surface area (Å²) >= 11 is 0. The summed E-state index contributed by atoms with van der Waals surface area (Å²) in [4.78, 5) is 19.8. The fraction of sp³-hybridized carbons (Fsp3) is 0.105. The van der Waals surface area contributed by atoms with Crippen molar-refractivity contribution < 1.29 is 9.90 Å². The number of primary amides is 1. The molecule has 3 rings (SSSR count). The molecule has 0 aliphatic rings. The molecule has 0 radical (unpaired) electrons. The molecule has 26 heavy (non-hydrogen) atoms. The molecular weight excluding hydrogens is 330 g/mol. The monoisotopic (exact) mass is 349 g/mol. The molecular formula is C19H19N5O2. The summed E-state index contributed by atoms with van der Waals surface area (Å²) in [5.74, 6) is 0.439. The fourth-order valence-electron chi connectivity index (χ4n) is 2.39. The number of hydrogen-bond donors (Lipinski definition) is 4. The first-order valence-corrected chi connectivity index (χ1v) is 8.08. The lowest BCUT2D eigenvalue weighted by molar-refractivity contribution is 0.100. The molecule has 1 aromatic heterocycles. The van der Waals surface area contributed by atoms with Crippen molar-refractivity contribution in [3.63, 3.8) is 0 Å². The number of rotatable bonds is 7. The van der Waals surface area contributed by atoms with E-state index < -0.39 is 12.0 Å². The van der Waals surface area contributed by atoms with Gasteiger partial charge >= 0.3 is 0 Å². The first-order chi connectivity index (χ1) is 12.6. The zero-order valence-electron chi connectivity index (χ0n) is 14.0. The van der Waals surface area contributed by atoms with Crippen LogP contribution in [0, 0.1) is 0 Å². The Morgan fingerprint density at radius 1 is 1.12 bits per heavy atom. The SMILES string of the molecule is NC(=O)c1cccc(Nc2nccc(NC[C@@H](O)c3ccccc3)n2)c1. The normalized spacial score (nSPS) is 11.6. The number of carbonyl (C=O) groups is 1. The number of aliphatic hydroxyl groups is 1. The van der Waals surface area contributed by atoms with Gasteiger partial charge in [0.2, 0.25) is 11.9 Å². The maximum atomic E-state index is 11.3. The van der Waals surface area contributed by atoms with E-state index in [1.807, 2.05) is 30.3 Å². The molecule has 2 aromatic carbocycles. The van der Waals surface area contributed by atoms with Crippen molar-refractivity contribution in [2.24, 2.45) is 5.73 Å². The van der Waals surface area contributed by atoms with Crippen LogP contribution in [0.3, 0.4) is 0 Å². The van der Waals surface area contributed by atoms with Crippen LogP contribution in [0.1, 0.15) is 22.0 Å². The second kappa shape index (κ2) is 8.09. The predicted molar refractivity (Wildman–Crippen MR) is 100 cm³/mol. The van der Waals surface area contributed by atoms with Gasteiger partial charge in [0.25, 0.3) is 0 Å². The fourth-order valence-corrected chi connectivity index (χ4v) is 2.39. The summed E-state index contributed by atoms with van der Waals surface area (Å²) in [6.07, 6.45) is 0.958. The number of nitrogens with one attached hydrogen (secondary N) is 2. The molecule has 3 aromatic rings. The van der Waals surface area contributed by atoms with Gasteiger partial charge in [-0.15, -0.1) is 0 Å². The highest BCUT2D eigenvalue weighted by Gasteiger charge is 2.08. The topological polar surface area (TPSA) is 113 Å². The molecule has 1 atom stereocenters. The van der Waals surface area contributed by atoms with Crippen LogP contribution in [0.4, 0.5) is 17.5 Å². The van der Waals surface area contributed by atoms with E-state index in [9.17, 15) is 9.90 Å². The van der Waals surface area contributed by atoms with Gasteiger partial charge < -0.3 is 21.5 Å². The molecule has 0 spiro atoms. The number of nitrogens with zero attached hydrogens (tertiary/aromatic N) is 2. The first kappa shape index (κ1) is 17.4. The van der Waals surface area contributed by atoms with E-state index in [0.29, 0.717) is 29.6 Å². The van der Waals surface area contributed by atoms with Crippen LogP contribution < -0.4 is 16.4 Å². The van der Waals surface area contributed by atoms with Crippen molar-refractivity contribution in [1.82, 2.24) is 9.97 Å². The largest absolute Gasteiger partial charge is 0.387 e. The molecule has 7 nitrogen and oxygen atoms in total. The average Bonchev–Trinajstić information content (AvgIpc) is 2.67. The number of aromatic nitrogens is 2. The van der Waals surface area contributed by atoms with E-state index in [-0.39, 0.29) is 0 Å². The minimum Gasteiger partial charge on any atom is -0.387 e. The van der Waals surface area contributed by atoms with Crippen molar-refractivity contribution in [3.8, 4) is 0 Å². The van der Waals surface area contributed by atoms with E-state index in [1.165, 1.54) is 0 Å². The predicted octanol–water partition coefficient (Wildman–Crippen LogP) is 2.46. The standard InChI is InChI=1S/C19H19N5O2/c20-18(26)14-7-4-8-15(11-14)23-19-21-10-9-17(24-19)22-12-16(25)13-5-2-1-3-6-13/h1-11,16,25H,12H2,(H2,20,26)(H2,21,22,23,24)/t16-/m1/s1. The van der Waals surface area contributed by atoms with Gasteiger partial charge in [-0.1, -0.05) is 36.4 Å². The van der Waals surface area contributed by atoms with Gasteiger partial charge in [0.15, 0.2) is 0 Å². The number of aliphatic hydroxyl groups excluding tert-OH is 1. The van der Waals surface area contributed by atoms with Gasteiger partial charge in [-0.25, -0.2) is 4.98 Å². The Labute approximate surface area is 150 Å². The van der Waals surface area contributed by atoms with E-state index in [4.69, 9.17) is 5.73 Å². The van der Waals surface area contributed by atoms with Crippen LogP contribution in [0.5, 0.6) is 0 Å². The summed E-state index contributed by atoms with van der Waals surface area (Å²) < 4.78 is 0. The number of benzene rings is 2.